The van der Waals surface area contributed by atoms with E-state index in [4.69, 9.17) is 19.5 Å². The molecule has 0 radical (unpaired) electrons. The van der Waals surface area contributed by atoms with Crippen LogP contribution < -0.4 is 0 Å². The highest BCUT2D eigenvalue weighted by Gasteiger charge is 2.18. The van der Waals surface area contributed by atoms with Gasteiger partial charge in [0.25, 0.3) is 0 Å². The second kappa shape index (κ2) is 8.72. The number of para-hydroxylation sites is 1. The zero-order valence-electron chi connectivity index (χ0n) is 36.0. The maximum Gasteiger partial charge on any atom is 0.135 e. The average molecular weight is 513 g/mol. The molecule has 39 heavy (non-hydrogen) atoms. The lowest BCUT2D eigenvalue weighted by atomic mass is 9.85. The topological polar surface area (TPSA) is 13.1 Å². The first-order valence-corrected chi connectivity index (χ1v) is 12.1. The highest BCUT2D eigenvalue weighted by atomic mass is 16.3. The monoisotopic (exact) mass is 512 g/mol. The zero-order valence-corrected chi connectivity index (χ0v) is 20.0. The van der Waals surface area contributed by atoms with Crippen molar-refractivity contribution in [2.45, 2.75) is 0 Å². The molecule has 182 valence electrons. The molecular weight excluding hydrogens is 472 g/mol. The van der Waals surface area contributed by atoms with Gasteiger partial charge in [-0.3, -0.25) is 0 Å². The Morgan fingerprint density at radius 1 is 0.410 bits per heavy atom. The van der Waals surface area contributed by atoms with Crippen molar-refractivity contribution in [2.24, 2.45) is 0 Å². The van der Waals surface area contributed by atoms with Crippen molar-refractivity contribution >= 4 is 43.5 Å². The standard InChI is InChI=1S/C38H24O/c1-2-11-25(12-3-1)26-13-10-14-27(23-26)37-30-16-4-6-18-32(30)38(33-19-7-5-17-31(33)37)28-21-22-36-34(24-28)29-15-8-9-20-35(29)39-36/h1-24H/i1D,2D,3D,4D,5D,6D,7D,11D,12D,13D,14D,16D,17D,18D,19D,23D. The molecule has 8 rings (SSSR count). The summed E-state index contributed by atoms with van der Waals surface area (Å²) < 4.78 is 147. The van der Waals surface area contributed by atoms with Gasteiger partial charge >= 0.3 is 0 Å². The van der Waals surface area contributed by atoms with E-state index in [9.17, 15) is 6.85 Å². The van der Waals surface area contributed by atoms with Crippen molar-refractivity contribution in [3.8, 4) is 33.4 Å². The van der Waals surface area contributed by atoms with Crippen LogP contribution in [0, 0.1) is 0 Å². The fourth-order valence-electron chi connectivity index (χ4n) is 5.07. The second-order valence-electron chi connectivity index (χ2n) is 8.87. The first-order valence-electron chi connectivity index (χ1n) is 20.1. The highest BCUT2D eigenvalue weighted by Crippen LogP contribution is 2.45. The van der Waals surface area contributed by atoms with Gasteiger partial charge in [0.05, 0.1) is 21.9 Å². The number of furan rings is 1. The average Bonchev–Trinajstić information content (AvgIpc) is 3.54. The van der Waals surface area contributed by atoms with Crippen LogP contribution in [0.4, 0.5) is 0 Å². The molecule has 0 spiro atoms. The Morgan fingerprint density at radius 3 is 1.72 bits per heavy atom. The third-order valence-corrected chi connectivity index (χ3v) is 6.72. The Hall–Kier alpha value is -5.14. The summed E-state index contributed by atoms with van der Waals surface area (Å²) in [6.45, 7) is 0. The Bertz CT molecular complexity index is 2950. The van der Waals surface area contributed by atoms with E-state index in [0.717, 1.165) is 11.5 Å². The van der Waals surface area contributed by atoms with Crippen LogP contribution in [0.5, 0.6) is 0 Å². The summed E-state index contributed by atoms with van der Waals surface area (Å²) in [4.78, 5) is 0. The molecule has 1 aromatic heterocycles. The van der Waals surface area contributed by atoms with E-state index in [1.54, 1.807) is 30.3 Å². The van der Waals surface area contributed by atoms with Crippen LogP contribution >= 0.6 is 0 Å². The summed E-state index contributed by atoms with van der Waals surface area (Å²) in [6, 6.07) is 2.53. The van der Waals surface area contributed by atoms with Gasteiger partial charge in [-0.2, -0.15) is 0 Å². The number of hydrogen-bond acceptors (Lipinski definition) is 1. The largest absolute Gasteiger partial charge is 0.456 e. The normalized spacial score (nSPS) is 17.3. The van der Waals surface area contributed by atoms with Gasteiger partial charge in [-0.25, -0.2) is 0 Å². The molecule has 0 aliphatic rings. The van der Waals surface area contributed by atoms with E-state index in [1.807, 2.05) is 12.1 Å². The van der Waals surface area contributed by atoms with Crippen molar-refractivity contribution < 1.29 is 26.3 Å². The van der Waals surface area contributed by atoms with E-state index >= 15 is 0 Å². The van der Waals surface area contributed by atoms with E-state index in [2.05, 4.69) is 0 Å². The summed E-state index contributed by atoms with van der Waals surface area (Å²) in [7, 11) is 0. The molecule has 7 aromatic carbocycles. The predicted octanol–water partition coefficient (Wildman–Crippen LogP) is 10.9. The Balaban J connectivity index is 1.66. The lowest BCUT2D eigenvalue weighted by Crippen LogP contribution is -1.91. The molecule has 8 aromatic rings. The van der Waals surface area contributed by atoms with Gasteiger partial charge in [0.2, 0.25) is 0 Å². The molecule has 0 saturated heterocycles. The van der Waals surface area contributed by atoms with Crippen molar-refractivity contribution in [3.05, 3.63) is 145 Å². The molecule has 0 N–H and O–H groups in total. The van der Waals surface area contributed by atoms with Crippen LogP contribution in [0.25, 0.3) is 76.9 Å². The van der Waals surface area contributed by atoms with Crippen molar-refractivity contribution in [2.75, 3.05) is 0 Å². The van der Waals surface area contributed by atoms with Gasteiger partial charge in [0.15, 0.2) is 0 Å². The third kappa shape index (κ3) is 3.48. The first-order chi connectivity index (χ1) is 26.0. The predicted molar refractivity (Wildman–Crippen MR) is 165 cm³/mol. The van der Waals surface area contributed by atoms with Crippen LogP contribution in [0.2, 0.25) is 0 Å². The molecule has 1 heteroatoms. The molecule has 0 saturated carbocycles. The van der Waals surface area contributed by atoms with Crippen LogP contribution in [-0.2, 0) is 0 Å². The molecule has 0 aliphatic carbocycles. The molecular formula is C38H24O. The quantitative estimate of drug-likeness (QED) is 0.215. The number of rotatable bonds is 3. The van der Waals surface area contributed by atoms with Gasteiger partial charge in [-0.1, -0.05) is 121 Å². The first kappa shape index (κ1) is 11.3. The molecule has 1 nitrogen and oxygen atoms in total. The minimum atomic E-state index is -0.739. The summed E-state index contributed by atoms with van der Waals surface area (Å²) in [6.07, 6.45) is 0. The summed E-state index contributed by atoms with van der Waals surface area (Å²) in [5, 5.41) is 0.413. The van der Waals surface area contributed by atoms with Gasteiger partial charge in [-0.05, 0) is 79.2 Å². The number of fused-ring (bicyclic) bond motifs is 5. The van der Waals surface area contributed by atoms with Crippen molar-refractivity contribution in [1.82, 2.24) is 0 Å². The minimum absolute atomic E-state index is 0.0287. The fraction of sp³-hybridized carbons (Fsp3) is 0. The maximum absolute atomic E-state index is 9.48. The lowest BCUT2D eigenvalue weighted by Gasteiger charge is -2.18. The smallest absolute Gasteiger partial charge is 0.135 e. The summed E-state index contributed by atoms with van der Waals surface area (Å²) >= 11 is 0. The molecule has 1 heterocycles. The van der Waals surface area contributed by atoms with Crippen molar-refractivity contribution in [1.29, 1.82) is 0 Å². The van der Waals surface area contributed by atoms with E-state index in [-0.39, 0.29) is 32.7 Å². The Labute approximate surface area is 249 Å². The van der Waals surface area contributed by atoms with Crippen molar-refractivity contribution in [3.63, 3.8) is 0 Å². The Kier molecular flexibility index (Phi) is 2.53. The van der Waals surface area contributed by atoms with E-state index < -0.39 is 113 Å². The van der Waals surface area contributed by atoms with Gasteiger partial charge in [0.1, 0.15) is 11.2 Å². The maximum atomic E-state index is 9.48. The van der Waals surface area contributed by atoms with E-state index in [0.29, 0.717) is 22.1 Å². The molecule has 0 bridgehead atoms. The number of hydrogen-bond donors (Lipinski definition) is 0. The van der Waals surface area contributed by atoms with Gasteiger partial charge in [-0.15, -0.1) is 0 Å². The zero-order chi connectivity index (χ0) is 39.7. The van der Waals surface area contributed by atoms with Gasteiger partial charge in [0, 0.05) is 10.8 Å². The highest BCUT2D eigenvalue weighted by molar-refractivity contribution is 6.22. The lowest BCUT2D eigenvalue weighted by molar-refractivity contribution is 0.669. The van der Waals surface area contributed by atoms with Gasteiger partial charge < -0.3 is 4.42 Å². The second-order valence-corrected chi connectivity index (χ2v) is 8.87. The van der Waals surface area contributed by atoms with Crippen LogP contribution in [0.15, 0.2) is 150 Å². The van der Waals surface area contributed by atoms with Crippen LogP contribution in [0.1, 0.15) is 21.9 Å². The molecule has 0 fully saturated rings. The summed E-state index contributed by atoms with van der Waals surface area (Å²) in [5.41, 5.74) is -0.370. The Morgan fingerprint density at radius 2 is 1.00 bits per heavy atom. The SMILES string of the molecule is [2H]c1cc([2H])c(-c2c3c([2H])c([2H])c([2H])c([2H])c3c(-c3ccc4oc5ccccc5c4c3)c3c([2H])c([2H])c([2H])c([2H])c23)c([2H])c1-c1c([2H])c([2H])c([2H])c([2H])c1[2H]. The number of benzene rings is 7. The molecule has 0 aliphatic heterocycles. The minimum Gasteiger partial charge on any atom is -0.456 e. The summed E-state index contributed by atoms with van der Waals surface area (Å²) in [5.74, 6) is 0. The molecule has 0 atom stereocenters. The van der Waals surface area contributed by atoms with Crippen LogP contribution in [0.3, 0.4) is 0 Å². The fourth-order valence-corrected chi connectivity index (χ4v) is 5.07. The molecule has 0 unspecified atom stereocenters. The van der Waals surface area contributed by atoms with Crippen LogP contribution in [-0.4, -0.2) is 0 Å². The molecule has 0 amide bonds. The van der Waals surface area contributed by atoms with E-state index in [1.165, 1.54) is 0 Å². The third-order valence-electron chi connectivity index (χ3n) is 6.72.